The van der Waals surface area contributed by atoms with E-state index in [2.05, 4.69) is 4.74 Å². The number of ether oxygens (including phenoxy) is 1. The summed E-state index contributed by atoms with van der Waals surface area (Å²) in [6.07, 6.45) is -4.61. The Labute approximate surface area is 103 Å². The molecule has 2 N–H and O–H groups in total. The van der Waals surface area contributed by atoms with Gasteiger partial charge in [-0.15, -0.1) is 0 Å². The number of carbonyl (C=O) groups is 1. The van der Waals surface area contributed by atoms with Gasteiger partial charge >= 0.3 is 12.1 Å². The minimum absolute atomic E-state index is 0.106. The average molecular weight is 345 g/mol. The quantitative estimate of drug-likeness (QED) is 0.484. The van der Waals surface area contributed by atoms with Gasteiger partial charge in [-0.05, 0) is 34.7 Å². The summed E-state index contributed by atoms with van der Waals surface area (Å²) in [6, 6.07) is 1.79. The summed E-state index contributed by atoms with van der Waals surface area (Å²) in [7, 11) is 1.01. The summed E-state index contributed by atoms with van der Waals surface area (Å²) in [4.78, 5) is 11.2. The maximum atomic E-state index is 12.6. The van der Waals surface area contributed by atoms with Crippen molar-refractivity contribution in [1.82, 2.24) is 0 Å². The molecule has 0 unspecified atom stereocenters. The second-order valence-corrected chi connectivity index (χ2v) is 4.07. The van der Waals surface area contributed by atoms with Crippen molar-refractivity contribution in [3.63, 3.8) is 0 Å². The van der Waals surface area contributed by atoms with Crippen molar-refractivity contribution in [2.75, 3.05) is 12.8 Å². The molecule has 1 rings (SSSR count). The van der Waals surface area contributed by atoms with Gasteiger partial charge in [-0.2, -0.15) is 13.2 Å². The van der Waals surface area contributed by atoms with Gasteiger partial charge in [0.05, 0.1) is 18.2 Å². The topological polar surface area (TPSA) is 52.3 Å². The van der Waals surface area contributed by atoms with Gasteiger partial charge in [0, 0.05) is 9.26 Å². The zero-order chi connectivity index (χ0) is 12.5. The predicted octanol–water partition coefficient (Wildman–Crippen LogP) is 2.68. The number of rotatable bonds is 1. The van der Waals surface area contributed by atoms with Crippen LogP contribution in [0.2, 0.25) is 0 Å². The van der Waals surface area contributed by atoms with Crippen molar-refractivity contribution in [2.45, 2.75) is 6.18 Å². The van der Waals surface area contributed by atoms with Gasteiger partial charge in [-0.1, -0.05) is 0 Å². The minimum atomic E-state index is -4.61. The van der Waals surface area contributed by atoms with Crippen LogP contribution in [0.4, 0.5) is 18.9 Å². The van der Waals surface area contributed by atoms with Gasteiger partial charge in [0.15, 0.2) is 0 Å². The van der Waals surface area contributed by atoms with Gasteiger partial charge < -0.3 is 10.5 Å². The first-order chi connectivity index (χ1) is 7.27. The summed E-state index contributed by atoms with van der Waals surface area (Å²) in [5.41, 5.74) is 3.93. The van der Waals surface area contributed by atoms with Crippen molar-refractivity contribution in [1.29, 1.82) is 0 Å². The maximum Gasteiger partial charge on any atom is 0.417 e. The van der Waals surface area contributed by atoms with Crippen LogP contribution >= 0.6 is 22.6 Å². The van der Waals surface area contributed by atoms with Gasteiger partial charge in [0.25, 0.3) is 0 Å². The second kappa shape index (κ2) is 4.48. The lowest BCUT2D eigenvalue weighted by Crippen LogP contribution is -2.15. The molecule has 0 radical (unpaired) electrons. The van der Waals surface area contributed by atoms with E-state index in [1.807, 2.05) is 0 Å². The molecule has 0 saturated heterocycles. The van der Waals surface area contributed by atoms with E-state index in [0.29, 0.717) is 0 Å². The van der Waals surface area contributed by atoms with E-state index in [1.165, 1.54) is 0 Å². The molecule has 0 saturated carbocycles. The molecule has 88 valence electrons. The minimum Gasteiger partial charge on any atom is -0.465 e. The summed E-state index contributed by atoms with van der Waals surface area (Å²) in [5.74, 6) is -1.06. The van der Waals surface area contributed by atoms with E-state index in [-0.39, 0.29) is 9.26 Å². The molecule has 0 aromatic heterocycles. The van der Waals surface area contributed by atoms with E-state index in [4.69, 9.17) is 5.73 Å². The fourth-order valence-electron chi connectivity index (χ4n) is 1.10. The van der Waals surface area contributed by atoms with E-state index in [1.54, 1.807) is 22.6 Å². The molecule has 3 nitrogen and oxygen atoms in total. The first kappa shape index (κ1) is 13.1. The summed E-state index contributed by atoms with van der Waals surface area (Å²) in [5, 5.41) is 0. The fourth-order valence-corrected chi connectivity index (χ4v) is 1.57. The van der Waals surface area contributed by atoms with Crippen LogP contribution < -0.4 is 5.73 Å². The van der Waals surface area contributed by atoms with Crippen LogP contribution in [0.1, 0.15) is 15.9 Å². The Morgan fingerprint density at radius 1 is 1.44 bits per heavy atom. The molecule has 0 spiro atoms. The van der Waals surface area contributed by atoms with Gasteiger partial charge in [-0.3, -0.25) is 0 Å². The lowest BCUT2D eigenvalue weighted by Gasteiger charge is -2.13. The molecule has 0 aliphatic heterocycles. The van der Waals surface area contributed by atoms with Crippen LogP contribution in [0, 0.1) is 3.57 Å². The average Bonchev–Trinajstić information content (AvgIpc) is 2.18. The Morgan fingerprint density at radius 3 is 2.44 bits per heavy atom. The van der Waals surface area contributed by atoms with Crippen LogP contribution in [0.15, 0.2) is 12.1 Å². The van der Waals surface area contributed by atoms with E-state index in [0.717, 1.165) is 19.2 Å². The van der Waals surface area contributed by atoms with Crippen LogP contribution in [0.25, 0.3) is 0 Å². The highest BCUT2D eigenvalue weighted by molar-refractivity contribution is 14.1. The molecule has 0 fully saturated rings. The number of nitrogen functional groups attached to an aromatic ring is 1. The number of halogens is 4. The van der Waals surface area contributed by atoms with Crippen LogP contribution in [-0.2, 0) is 10.9 Å². The van der Waals surface area contributed by atoms with Crippen molar-refractivity contribution < 1.29 is 22.7 Å². The number of alkyl halides is 3. The van der Waals surface area contributed by atoms with Crippen molar-refractivity contribution in [3.05, 3.63) is 26.8 Å². The molecule has 1 aromatic carbocycles. The number of carbonyl (C=O) groups excluding carboxylic acids is 1. The number of hydrogen-bond acceptors (Lipinski definition) is 3. The number of methoxy groups -OCH3 is 1. The Morgan fingerprint density at radius 2 is 2.00 bits per heavy atom. The predicted molar refractivity (Wildman–Crippen MR) is 59.9 cm³/mol. The van der Waals surface area contributed by atoms with E-state index >= 15 is 0 Å². The fraction of sp³-hybridized carbons (Fsp3) is 0.222. The lowest BCUT2D eigenvalue weighted by atomic mass is 10.1. The molecular weight excluding hydrogens is 338 g/mol. The molecule has 0 aliphatic carbocycles. The molecule has 16 heavy (non-hydrogen) atoms. The molecule has 0 bridgehead atoms. The summed E-state index contributed by atoms with van der Waals surface area (Å²) < 4.78 is 42.3. The molecule has 7 heteroatoms. The Balaban J connectivity index is 3.45. The highest BCUT2D eigenvalue weighted by Crippen LogP contribution is 2.35. The van der Waals surface area contributed by atoms with Gasteiger partial charge in [0.1, 0.15) is 0 Å². The van der Waals surface area contributed by atoms with Crippen LogP contribution in [0.5, 0.6) is 0 Å². The zero-order valence-electron chi connectivity index (χ0n) is 8.06. The Kier molecular flexibility index (Phi) is 3.66. The molecule has 0 aliphatic rings. The summed E-state index contributed by atoms with van der Waals surface area (Å²) >= 11 is 1.67. The first-order valence-electron chi connectivity index (χ1n) is 4.02. The van der Waals surface area contributed by atoms with E-state index < -0.39 is 23.3 Å². The van der Waals surface area contributed by atoms with Crippen molar-refractivity contribution >= 4 is 34.2 Å². The number of esters is 1. The third-order valence-corrected chi connectivity index (χ3v) is 2.78. The summed E-state index contributed by atoms with van der Waals surface area (Å²) in [6.45, 7) is 0. The monoisotopic (exact) mass is 345 g/mol. The highest BCUT2D eigenvalue weighted by Gasteiger charge is 2.36. The maximum absolute atomic E-state index is 12.6. The molecule has 0 amide bonds. The van der Waals surface area contributed by atoms with Crippen LogP contribution in [-0.4, -0.2) is 13.1 Å². The lowest BCUT2D eigenvalue weighted by molar-refractivity contribution is -0.138. The molecule has 1 aromatic rings. The molecule has 0 atom stereocenters. The second-order valence-electron chi connectivity index (χ2n) is 2.91. The number of nitrogens with two attached hydrogens (primary N) is 1. The smallest absolute Gasteiger partial charge is 0.417 e. The van der Waals surface area contributed by atoms with Gasteiger partial charge in [0.2, 0.25) is 0 Å². The zero-order valence-corrected chi connectivity index (χ0v) is 10.2. The number of benzene rings is 1. The standard InChI is InChI=1S/C9H7F3INO2/c1-16-8(15)4-2-7(14)6(13)3-5(4)9(10,11)12/h2-3H,14H2,1H3. The first-order valence-corrected chi connectivity index (χ1v) is 5.09. The highest BCUT2D eigenvalue weighted by atomic mass is 127. The Bertz CT molecular complexity index is 431. The van der Waals surface area contributed by atoms with Gasteiger partial charge in [-0.25, -0.2) is 4.79 Å². The van der Waals surface area contributed by atoms with Crippen molar-refractivity contribution in [2.24, 2.45) is 0 Å². The van der Waals surface area contributed by atoms with Crippen LogP contribution in [0.3, 0.4) is 0 Å². The molecular formula is C9H7F3INO2. The number of anilines is 1. The van der Waals surface area contributed by atoms with Crippen molar-refractivity contribution in [3.8, 4) is 0 Å². The third-order valence-electron chi connectivity index (χ3n) is 1.85. The molecule has 0 heterocycles. The normalized spacial score (nSPS) is 11.3. The number of hydrogen-bond donors (Lipinski definition) is 1. The Hall–Kier alpha value is -0.990. The third kappa shape index (κ3) is 2.57. The SMILES string of the molecule is COC(=O)c1cc(N)c(I)cc1C(F)(F)F. The van der Waals surface area contributed by atoms with E-state index in [9.17, 15) is 18.0 Å². The largest absolute Gasteiger partial charge is 0.465 e.